The monoisotopic (exact) mass is 789 g/mol. The lowest BCUT2D eigenvalue weighted by atomic mass is 10.0. The zero-order valence-electron chi connectivity index (χ0n) is 34.9. The molecule has 0 heterocycles. The molecule has 1 amide bonds. The molecule has 316 valence electrons. The van der Waals surface area contributed by atoms with E-state index in [0.29, 0.717) is 6.42 Å². The van der Waals surface area contributed by atoms with Gasteiger partial charge in [-0.25, -0.2) is 4.57 Å². The molecular weight excluding hydrogens is 707 g/mol. The lowest BCUT2D eigenvalue weighted by molar-refractivity contribution is -0.122. The number of amides is 1. The first-order chi connectivity index (χ1) is 26.9. The van der Waals surface area contributed by atoms with Gasteiger partial charge in [-0.3, -0.25) is 13.8 Å². The van der Waals surface area contributed by atoms with Crippen molar-refractivity contribution in [2.45, 2.75) is 180 Å². The van der Waals surface area contributed by atoms with Crippen molar-refractivity contribution in [2.24, 2.45) is 5.73 Å². The Labute approximate surface area is 337 Å². The standard InChI is InChI=1S/C46H81N2O6P/c1-3-5-7-9-11-13-15-17-19-20-21-22-23-24-26-27-29-31-33-35-37-39-45(49)44(43-54-55(51,52)53-42-41-47)48-46(50)40-38-36-34-32-30-28-25-18-16-14-12-10-8-6-4-2/h6,8,12,14,18,25,29-32,36-39,44-45,49H,3-5,7,9-11,13,15-17,19-24,26-28,33-35,40-43,47H2,1-2H3,(H,48,50)(H,51,52)/b8-6-,14-12-,25-18-,31-29+,32-30-,38-36-,39-37+. The highest BCUT2D eigenvalue weighted by atomic mass is 31.2. The molecule has 0 aromatic rings. The van der Waals surface area contributed by atoms with Crippen molar-refractivity contribution in [3.63, 3.8) is 0 Å². The smallest absolute Gasteiger partial charge is 0.387 e. The number of rotatable bonds is 39. The van der Waals surface area contributed by atoms with Crippen molar-refractivity contribution < 1.29 is 28.4 Å². The van der Waals surface area contributed by atoms with E-state index in [1.54, 1.807) is 12.2 Å². The molecule has 0 aromatic heterocycles. The van der Waals surface area contributed by atoms with E-state index in [9.17, 15) is 19.4 Å². The number of carbonyl (C=O) groups is 1. The van der Waals surface area contributed by atoms with Crippen LogP contribution in [-0.4, -0.2) is 47.8 Å². The topological polar surface area (TPSA) is 131 Å². The first-order valence-electron chi connectivity index (χ1n) is 21.7. The molecule has 0 saturated heterocycles. The van der Waals surface area contributed by atoms with Gasteiger partial charge < -0.3 is 21.1 Å². The fraction of sp³-hybridized carbons (Fsp3) is 0.674. The first kappa shape index (κ1) is 52.7. The quantitative estimate of drug-likeness (QED) is 0.0277. The van der Waals surface area contributed by atoms with Crippen LogP contribution in [0.4, 0.5) is 0 Å². The van der Waals surface area contributed by atoms with Gasteiger partial charge in [-0.1, -0.05) is 189 Å². The summed E-state index contributed by atoms with van der Waals surface area (Å²) in [5.41, 5.74) is 5.36. The number of carbonyl (C=O) groups excluding carboxylic acids is 1. The van der Waals surface area contributed by atoms with E-state index >= 15 is 0 Å². The molecule has 0 radical (unpaired) electrons. The van der Waals surface area contributed by atoms with Crippen LogP contribution in [-0.2, 0) is 18.4 Å². The van der Waals surface area contributed by atoms with Crippen LogP contribution < -0.4 is 11.1 Å². The summed E-state index contributed by atoms with van der Waals surface area (Å²) in [5, 5.41) is 13.6. The lowest BCUT2D eigenvalue weighted by Crippen LogP contribution is -2.45. The number of aliphatic hydroxyl groups excluding tert-OH is 1. The Morgan fingerprint density at radius 1 is 0.618 bits per heavy atom. The van der Waals surface area contributed by atoms with Gasteiger partial charge in [0.1, 0.15) is 0 Å². The Morgan fingerprint density at radius 3 is 1.58 bits per heavy atom. The Morgan fingerprint density at radius 2 is 1.07 bits per heavy atom. The van der Waals surface area contributed by atoms with Crippen molar-refractivity contribution in [1.82, 2.24) is 5.32 Å². The minimum atomic E-state index is -4.38. The molecule has 0 aliphatic rings. The van der Waals surface area contributed by atoms with Gasteiger partial charge in [0.15, 0.2) is 0 Å². The minimum Gasteiger partial charge on any atom is -0.387 e. The molecule has 3 atom stereocenters. The summed E-state index contributed by atoms with van der Waals surface area (Å²) >= 11 is 0. The molecule has 0 aliphatic heterocycles. The Hall–Kier alpha value is -2.32. The van der Waals surface area contributed by atoms with Gasteiger partial charge in [-0.15, -0.1) is 0 Å². The van der Waals surface area contributed by atoms with Gasteiger partial charge >= 0.3 is 7.82 Å². The van der Waals surface area contributed by atoms with Gasteiger partial charge in [0.25, 0.3) is 0 Å². The van der Waals surface area contributed by atoms with Crippen LogP contribution in [0.2, 0.25) is 0 Å². The third-order valence-electron chi connectivity index (χ3n) is 8.98. The summed E-state index contributed by atoms with van der Waals surface area (Å²) in [4.78, 5) is 22.6. The number of aliphatic hydroxyl groups is 1. The average molecular weight is 789 g/mol. The predicted octanol–water partition coefficient (Wildman–Crippen LogP) is 12.2. The summed E-state index contributed by atoms with van der Waals surface area (Å²) < 4.78 is 22.0. The zero-order chi connectivity index (χ0) is 40.3. The number of hydrogen-bond donors (Lipinski definition) is 4. The van der Waals surface area contributed by atoms with Crippen LogP contribution in [0.5, 0.6) is 0 Å². The van der Waals surface area contributed by atoms with E-state index in [1.165, 1.54) is 96.3 Å². The maximum absolute atomic E-state index is 12.7. The molecule has 0 saturated carbocycles. The number of hydrogen-bond acceptors (Lipinski definition) is 6. The molecule has 0 rings (SSSR count). The number of phosphoric ester groups is 1. The fourth-order valence-electron chi connectivity index (χ4n) is 5.74. The lowest BCUT2D eigenvalue weighted by Gasteiger charge is -2.23. The molecular formula is C46H81N2O6P. The highest BCUT2D eigenvalue weighted by Gasteiger charge is 2.26. The van der Waals surface area contributed by atoms with Crippen LogP contribution in [0.25, 0.3) is 0 Å². The second kappa shape index (κ2) is 41.3. The van der Waals surface area contributed by atoms with Crippen molar-refractivity contribution >= 4 is 13.7 Å². The predicted molar refractivity (Wildman–Crippen MR) is 235 cm³/mol. The molecule has 9 heteroatoms. The van der Waals surface area contributed by atoms with Gasteiger partial charge in [0.05, 0.1) is 25.4 Å². The van der Waals surface area contributed by atoms with E-state index in [0.717, 1.165) is 44.9 Å². The number of nitrogens with one attached hydrogen (secondary N) is 1. The van der Waals surface area contributed by atoms with Crippen LogP contribution in [0.15, 0.2) is 85.1 Å². The molecule has 5 N–H and O–H groups in total. The van der Waals surface area contributed by atoms with Gasteiger partial charge in [-0.05, 0) is 57.8 Å². The Kier molecular flexibility index (Phi) is 39.6. The van der Waals surface area contributed by atoms with Gasteiger partial charge in [0.2, 0.25) is 5.91 Å². The Bertz CT molecular complexity index is 1130. The van der Waals surface area contributed by atoms with E-state index in [2.05, 4.69) is 73.8 Å². The number of unbranched alkanes of at least 4 members (excludes halogenated alkanes) is 16. The zero-order valence-corrected chi connectivity index (χ0v) is 35.8. The van der Waals surface area contributed by atoms with Crippen LogP contribution in [0.1, 0.15) is 168 Å². The minimum absolute atomic E-state index is 0.0562. The van der Waals surface area contributed by atoms with Crippen molar-refractivity contribution in [1.29, 1.82) is 0 Å². The summed E-state index contributed by atoms with van der Waals surface area (Å²) in [5.74, 6) is -0.333. The van der Waals surface area contributed by atoms with Gasteiger partial charge in [0, 0.05) is 13.0 Å². The van der Waals surface area contributed by atoms with Crippen molar-refractivity contribution in [2.75, 3.05) is 19.8 Å². The molecule has 0 bridgehead atoms. The van der Waals surface area contributed by atoms with Gasteiger partial charge in [-0.2, -0.15) is 0 Å². The Balaban J connectivity index is 4.38. The molecule has 3 unspecified atom stereocenters. The van der Waals surface area contributed by atoms with E-state index < -0.39 is 26.6 Å². The van der Waals surface area contributed by atoms with Crippen molar-refractivity contribution in [3.05, 3.63) is 85.1 Å². The normalized spacial score (nSPS) is 14.9. The van der Waals surface area contributed by atoms with E-state index in [-0.39, 0.29) is 25.5 Å². The van der Waals surface area contributed by atoms with Crippen LogP contribution in [0, 0.1) is 0 Å². The number of nitrogens with two attached hydrogens (primary N) is 1. The maximum atomic E-state index is 12.7. The van der Waals surface area contributed by atoms with E-state index in [4.69, 9.17) is 14.8 Å². The molecule has 55 heavy (non-hydrogen) atoms. The second-order valence-electron chi connectivity index (χ2n) is 14.2. The fourth-order valence-corrected chi connectivity index (χ4v) is 6.50. The van der Waals surface area contributed by atoms with Crippen LogP contribution in [0.3, 0.4) is 0 Å². The van der Waals surface area contributed by atoms with Crippen molar-refractivity contribution in [3.8, 4) is 0 Å². The maximum Gasteiger partial charge on any atom is 0.472 e. The summed E-state index contributed by atoms with van der Waals surface area (Å²) in [6.07, 6.45) is 55.3. The first-order valence-corrected chi connectivity index (χ1v) is 23.2. The molecule has 0 fully saturated rings. The molecule has 0 aliphatic carbocycles. The van der Waals surface area contributed by atoms with Crippen LogP contribution >= 0.6 is 7.82 Å². The number of allylic oxidation sites excluding steroid dienone is 12. The largest absolute Gasteiger partial charge is 0.472 e. The summed E-state index contributed by atoms with van der Waals surface area (Å²) in [6.45, 7) is 3.91. The number of phosphoric acid groups is 1. The van der Waals surface area contributed by atoms with E-state index in [1.807, 2.05) is 18.2 Å². The summed E-state index contributed by atoms with van der Waals surface area (Å²) in [6, 6.07) is -0.936. The summed E-state index contributed by atoms with van der Waals surface area (Å²) in [7, 11) is -4.38. The molecule has 8 nitrogen and oxygen atoms in total. The third-order valence-corrected chi connectivity index (χ3v) is 9.97. The SMILES string of the molecule is CC/C=C\C/C=C\C/C=C\C/C=C\C/C=C\CC(=O)NC(COP(=O)(O)OCCN)C(O)/C=C/CC/C=C/CCCCCCCCCCCCCCCCC. The highest BCUT2D eigenvalue weighted by molar-refractivity contribution is 7.47. The molecule has 0 aromatic carbocycles. The highest BCUT2D eigenvalue weighted by Crippen LogP contribution is 2.43. The average Bonchev–Trinajstić information content (AvgIpc) is 3.17. The second-order valence-corrected chi connectivity index (χ2v) is 15.6. The third kappa shape index (κ3) is 39.7. The molecule has 0 spiro atoms.